The zero-order chi connectivity index (χ0) is 23.7. The molecule has 0 aliphatic carbocycles. The third kappa shape index (κ3) is 5.02. The van der Waals surface area contributed by atoms with E-state index in [9.17, 15) is 21.9 Å². The Morgan fingerprint density at radius 1 is 1.25 bits per heavy atom. The molecule has 0 spiro atoms. The number of hydrogen-bond acceptors (Lipinski definition) is 6. The van der Waals surface area contributed by atoms with Gasteiger partial charge in [0.05, 0.1) is 18.0 Å². The number of aliphatic hydroxyl groups excluding tert-OH is 1. The van der Waals surface area contributed by atoms with E-state index in [0.29, 0.717) is 4.47 Å². The van der Waals surface area contributed by atoms with Crippen molar-refractivity contribution < 1.29 is 26.7 Å². The number of halogens is 1. The smallest absolute Gasteiger partial charge is 0.247 e. The van der Waals surface area contributed by atoms with Crippen LogP contribution in [0.25, 0.3) is 0 Å². The van der Waals surface area contributed by atoms with E-state index in [4.69, 9.17) is 4.74 Å². The Hall–Kier alpha value is -1.50. The molecule has 0 radical (unpaired) electrons. The average Bonchev–Trinajstić information content (AvgIpc) is 2.75. The van der Waals surface area contributed by atoms with Crippen molar-refractivity contribution in [2.75, 3.05) is 26.7 Å². The molecule has 3 atom stereocenters. The highest BCUT2D eigenvalue weighted by molar-refractivity contribution is 9.10. The predicted molar refractivity (Wildman–Crippen MR) is 124 cm³/mol. The van der Waals surface area contributed by atoms with Crippen LogP contribution in [0, 0.1) is 5.92 Å². The first-order valence-electron chi connectivity index (χ1n) is 10.1. The molecule has 1 aliphatic rings. The lowest BCUT2D eigenvalue weighted by Gasteiger charge is -2.37. The van der Waals surface area contributed by atoms with E-state index in [1.54, 1.807) is 37.3 Å². The summed E-state index contributed by atoms with van der Waals surface area (Å²) >= 11 is 3.34. The lowest BCUT2D eigenvalue weighted by atomic mass is 10.0. The Bertz CT molecular complexity index is 1160. The molecular formula is C21H27BrN2O6S2. The topological polar surface area (TPSA) is 104 Å². The van der Waals surface area contributed by atoms with Gasteiger partial charge in [-0.05, 0) is 37.3 Å². The minimum absolute atomic E-state index is 0.0196. The van der Waals surface area contributed by atoms with Crippen LogP contribution in [0.1, 0.15) is 13.8 Å². The average molecular weight is 547 g/mol. The molecule has 11 heteroatoms. The standard InChI is InChI=1S/C21H27BrN2O6S2/c1-15-12-24(16(2)14-25)32(28,29)21-10-9-17(22)11-19(21)30-20(15)13-23(3)31(26,27)18-7-5-4-6-8-18/h4-11,15-16,20,25H,12-14H2,1-3H3/t15-,16-,20-/m1/s1. The number of sulfonamides is 2. The third-order valence-corrected chi connectivity index (χ3v) is 9.87. The summed E-state index contributed by atoms with van der Waals surface area (Å²) in [6.07, 6.45) is -0.629. The van der Waals surface area contributed by atoms with Crippen molar-refractivity contribution in [3.05, 3.63) is 53.0 Å². The van der Waals surface area contributed by atoms with E-state index in [2.05, 4.69) is 15.9 Å². The summed E-state index contributed by atoms with van der Waals surface area (Å²) in [7, 11) is -6.21. The Kier molecular flexibility index (Phi) is 7.68. The normalized spacial score (nSPS) is 22.4. The summed E-state index contributed by atoms with van der Waals surface area (Å²) in [6.45, 7) is 3.19. The number of fused-ring (bicyclic) bond motifs is 1. The molecule has 32 heavy (non-hydrogen) atoms. The summed E-state index contributed by atoms with van der Waals surface area (Å²) < 4.78 is 61.9. The van der Waals surface area contributed by atoms with Crippen molar-refractivity contribution in [2.24, 2.45) is 5.92 Å². The van der Waals surface area contributed by atoms with Crippen molar-refractivity contribution in [1.82, 2.24) is 8.61 Å². The van der Waals surface area contributed by atoms with Crippen LogP contribution in [0.5, 0.6) is 5.75 Å². The number of rotatable bonds is 6. The quantitative estimate of drug-likeness (QED) is 0.596. The molecule has 1 N–H and O–H groups in total. The van der Waals surface area contributed by atoms with E-state index in [-0.39, 0.29) is 41.2 Å². The fraction of sp³-hybridized carbons (Fsp3) is 0.429. The van der Waals surface area contributed by atoms with Gasteiger partial charge in [0.2, 0.25) is 20.0 Å². The zero-order valence-electron chi connectivity index (χ0n) is 18.0. The molecule has 1 aliphatic heterocycles. The first kappa shape index (κ1) is 25.1. The van der Waals surface area contributed by atoms with Gasteiger partial charge in [-0.1, -0.05) is 41.1 Å². The molecule has 2 aromatic rings. The Morgan fingerprint density at radius 2 is 1.91 bits per heavy atom. The third-order valence-electron chi connectivity index (χ3n) is 5.52. The van der Waals surface area contributed by atoms with E-state index in [1.807, 2.05) is 6.92 Å². The van der Waals surface area contributed by atoms with Gasteiger partial charge in [-0.3, -0.25) is 0 Å². The highest BCUT2D eigenvalue weighted by Gasteiger charge is 2.39. The first-order chi connectivity index (χ1) is 15.0. The van der Waals surface area contributed by atoms with Crippen LogP contribution in [0.2, 0.25) is 0 Å². The minimum Gasteiger partial charge on any atom is -0.487 e. The molecule has 0 saturated carbocycles. The maximum Gasteiger partial charge on any atom is 0.247 e. The maximum absolute atomic E-state index is 13.3. The number of aliphatic hydroxyl groups is 1. The zero-order valence-corrected chi connectivity index (χ0v) is 21.3. The van der Waals surface area contributed by atoms with E-state index in [1.165, 1.54) is 33.9 Å². The van der Waals surface area contributed by atoms with Gasteiger partial charge < -0.3 is 9.84 Å². The molecule has 0 saturated heterocycles. The van der Waals surface area contributed by atoms with E-state index >= 15 is 0 Å². The minimum atomic E-state index is -3.93. The lowest BCUT2D eigenvalue weighted by Crippen LogP contribution is -2.50. The Morgan fingerprint density at radius 3 is 2.53 bits per heavy atom. The van der Waals surface area contributed by atoms with E-state index in [0.717, 1.165) is 0 Å². The van der Waals surface area contributed by atoms with Crippen LogP contribution >= 0.6 is 15.9 Å². The monoisotopic (exact) mass is 546 g/mol. The van der Waals surface area contributed by atoms with Crippen LogP contribution in [0.3, 0.4) is 0 Å². The van der Waals surface area contributed by atoms with Gasteiger partial charge in [0, 0.05) is 30.0 Å². The van der Waals surface area contributed by atoms with E-state index < -0.39 is 32.2 Å². The van der Waals surface area contributed by atoms with Crippen LogP contribution in [0.4, 0.5) is 0 Å². The van der Waals surface area contributed by atoms with Crippen LogP contribution < -0.4 is 4.74 Å². The van der Waals surface area contributed by atoms with Crippen LogP contribution in [0.15, 0.2) is 62.8 Å². The summed E-state index contributed by atoms with van der Waals surface area (Å²) in [5.74, 6) is -0.226. The first-order valence-corrected chi connectivity index (χ1v) is 13.8. The number of benzene rings is 2. The number of hydrogen-bond donors (Lipinski definition) is 1. The summed E-state index contributed by atoms with van der Waals surface area (Å²) in [6, 6.07) is 12.1. The second kappa shape index (κ2) is 9.78. The van der Waals surface area contributed by atoms with Crippen molar-refractivity contribution in [2.45, 2.75) is 35.8 Å². The molecule has 176 valence electrons. The second-order valence-corrected chi connectivity index (χ2v) is 12.7. The maximum atomic E-state index is 13.3. The van der Waals surface area contributed by atoms with Gasteiger partial charge in [0.25, 0.3) is 0 Å². The number of ether oxygens (including phenoxy) is 1. The highest BCUT2D eigenvalue weighted by atomic mass is 79.9. The fourth-order valence-corrected chi connectivity index (χ4v) is 6.91. The second-order valence-electron chi connectivity index (χ2n) is 7.93. The highest BCUT2D eigenvalue weighted by Crippen LogP contribution is 2.35. The van der Waals surface area contributed by atoms with Gasteiger partial charge in [0.15, 0.2) is 0 Å². The van der Waals surface area contributed by atoms with Gasteiger partial charge in [0.1, 0.15) is 16.7 Å². The number of nitrogens with zero attached hydrogens (tertiary/aromatic N) is 2. The molecule has 0 aromatic heterocycles. The SMILES string of the molecule is C[C@@H]1CN([C@H](C)CO)S(=O)(=O)c2ccc(Br)cc2O[C@@H]1CN(C)S(=O)(=O)c1ccccc1. The Labute approximate surface area is 198 Å². The summed E-state index contributed by atoms with van der Waals surface area (Å²) in [5, 5.41) is 9.67. The molecule has 0 bridgehead atoms. The van der Waals surface area contributed by atoms with Gasteiger partial charge in [-0.2, -0.15) is 8.61 Å². The van der Waals surface area contributed by atoms with Crippen LogP contribution in [-0.4, -0.2) is 69.4 Å². The Balaban J connectivity index is 2.01. The van der Waals surface area contributed by atoms with Crippen molar-refractivity contribution >= 4 is 36.0 Å². The van der Waals surface area contributed by atoms with Crippen molar-refractivity contribution in [3.8, 4) is 5.75 Å². The van der Waals surface area contributed by atoms with Crippen LogP contribution in [-0.2, 0) is 20.0 Å². The van der Waals surface area contributed by atoms with Crippen molar-refractivity contribution in [3.63, 3.8) is 0 Å². The lowest BCUT2D eigenvalue weighted by molar-refractivity contribution is 0.0904. The molecule has 0 fully saturated rings. The number of likely N-dealkylation sites (N-methyl/N-ethyl adjacent to an activating group) is 1. The predicted octanol–water partition coefficient (Wildman–Crippen LogP) is 2.54. The molecule has 1 heterocycles. The molecule has 0 unspecified atom stereocenters. The van der Waals surface area contributed by atoms with Crippen molar-refractivity contribution in [1.29, 1.82) is 0 Å². The summed E-state index contributed by atoms with van der Waals surface area (Å²) in [4.78, 5) is 0.147. The summed E-state index contributed by atoms with van der Waals surface area (Å²) in [5.41, 5.74) is 0. The molecule has 2 aromatic carbocycles. The molecule has 3 rings (SSSR count). The fourth-order valence-electron chi connectivity index (χ4n) is 3.54. The van der Waals surface area contributed by atoms with Gasteiger partial charge in [-0.25, -0.2) is 16.8 Å². The largest absolute Gasteiger partial charge is 0.487 e. The molecule has 0 amide bonds. The van der Waals surface area contributed by atoms with Gasteiger partial charge >= 0.3 is 0 Å². The van der Waals surface area contributed by atoms with Gasteiger partial charge in [-0.15, -0.1) is 0 Å². The molecule has 8 nitrogen and oxygen atoms in total. The molecular weight excluding hydrogens is 520 g/mol.